The summed E-state index contributed by atoms with van der Waals surface area (Å²) >= 11 is 0. The summed E-state index contributed by atoms with van der Waals surface area (Å²) in [4.78, 5) is 16.9. The fourth-order valence-corrected chi connectivity index (χ4v) is 4.28. The Labute approximate surface area is 200 Å². The number of amidine groups is 1. The third-order valence-electron chi connectivity index (χ3n) is 6.14. The Balaban J connectivity index is 1.45. The molecule has 2 aliphatic heterocycles. The maximum atomic E-state index is 12.7. The van der Waals surface area contributed by atoms with Gasteiger partial charge in [-0.15, -0.1) is 9.24 Å². The highest BCUT2D eigenvalue weighted by Gasteiger charge is 2.30. The first-order valence-corrected chi connectivity index (χ1v) is 12.1. The van der Waals surface area contributed by atoms with E-state index in [-0.39, 0.29) is 17.9 Å². The van der Waals surface area contributed by atoms with Crippen LogP contribution in [0.25, 0.3) is 0 Å². The van der Waals surface area contributed by atoms with E-state index in [0.29, 0.717) is 18.2 Å². The molecule has 3 rings (SSSR count). The second-order valence-electron chi connectivity index (χ2n) is 8.69. The van der Waals surface area contributed by atoms with Gasteiger partial charge in [0.05, 0.1) is 6.54 Å². The van der Waals surface area contributed by atoms with Gasteiger partial charge in [-0.2, -0.15) is 0 Å². The van der Waals surface area contributed by atoms with Gasteiger partial charge in [-0.25, -0.2) is 0 Å². The average Bonchev–Trinajstić information content (AvgIpc) is 3.02. The number of amides is 1. The van der Waals surface area contributed by atoms with E-state index < -0.39 is 0 Å². The summed E-state index contributed by atoms with van der Waals surface area (Å²) in [5.41, 5.74) is 4.01. The molecule has 0 radical (unpaired) electrons. The first-order chi connectivity index (χ1) is 15.8. The zero-order valence-electron chi connectivity index (χ0n) is 19.9. The summed E-state index contributed by atoms with van der Waals surface area (Å²) < 4.78 is 0. The predicted molar refractivity (Wildman–Crippen MR) is 141 cm³/mol. The van der Waals surface area contributed by atoms with Crippen LogP contribution in [0, 0.1) is 11.3 Å². The van der Waals surface area contributed by atoms with Crippen molar-refractivity contribution in [3.05, 3.63) is 83.0 Å². The topological polar surface area (TPSA) is 71.5 Å². The van der Waals surface area contributed by atoms with E-state index in [2.05, 4.69) is 87.7 Å². The molecule has 3 aliphatic rings. The maximum absolute atomic E-state index is 12.7. The molecule has 0 saturated carbocycles. The number of likely N-dealkylation sites (N-methyl/N-ethyl adjacent to an activating group) is 1. The van der Waals surface area contributed by atoms with Crippen molar-refractivity contribution in [3.8, 4) is 0 Å². The van der Waals surface area contributed by atoms with E-state index in [1.165, 1.54) is 5.57 Å². The lowest BCUT2D eigenvalue weighted by molar-refractivity contribution is -0.116. The molecule has 0 bridgehead atoms. The number of carbonyl (C=O) groups excluding carboxylic acids is 1. The third-order valence-corrected chi connectivity index (χ3v) is 6.57. The Morgan fingerprint density at radius 3 is 2.79 bits per heavy atom. The largest absolute Gasteiger partial charge is 0.356 e. The molecular weight excluding hydrogens is 429 g/mol. The van der Waals surface area contributed by atoms with E-state index in [1.54, 1.807) is 6.20 Å². The summed E-state index contributed by atoms with van der Waals surface area (Å²) in [6.45, 7) is 10.4. The molecule has 1 aliphatic carbocycles. The van der Waals surface area contributed by atoms with Crippen molar-refractivity contribution in [2.75, 3.05) is 26.7 Å². The minimum atomic E-state index is -0.273. The summed E-state index contributed by atoms with van der Waals surface area (Å²) in [5.74, 6) is 0.407. The summed E-state index contributed by atoms with van der Waals surface area (Å²) in [6.07, 6.45) is 18.3. The molecule has 0 spiro atoms. The van der Waals surface area contributed by atoms with Gasteiger partial charge in [-0.05, 0) is 36.2 Å². The first-order valence-electron chi connectivity index (χ1n) is 11.5. The Morgan fingerprint density at radius 2 is 2.09 bits per heavy atom. The lowest BCUT2D eigenvalue weighted by Crippen LogP contribution is -2.52. The summed E-state index contributed by atoms with van der Waals surface area (Å²) in [7, 11) is 4.66. The fourth-order valence-electron chi connectivity index (χ4n) is 4.05. The number of hydrogen-bond acceptors (Lipinski definition) is 5. The highest BCUT2D eigenvalue weighted by molar-refractivity contribution is 7.22. The highest BCUT2D eigenvalue weighted by Crippen LogP contribution is 2.25. The zero-order valence-corrected chi connectivity index (χ0v) is 21.1. The SMILES string of the molecule is C=C(/C=C\C(=C/C)C1CN(CC(=N)NC(=O)C2=CN(C)C(C3=CCC=C(P)C=C3)N2)C1)CC. The van der Waals surface area contributed by atoms with Crippen molar-refractivity contribution < 1.29 is 4.79 Å². The number of hydrogen-bond donors (Lipinski definition) is 3. The molecule has 0 aromatic heterocycles. The van der Waals surface area contributed by atoms with Gasteiger partial charge in [0.15, 0.2) is 0 Å². The van der Waals surface area contributed by atoms with Gasteiger partial charge >= 0.3 is 0 Å². The molecule has 7 heteroatoms. The summed E-state index contributed by atoms with van der Waals surface area (Å²) in [5, 5.41) is 15.4. The van der Waals surface area contributed by atoms with Gasteiger partial charge in [-0.3, -0.25) is 15.1 Å². The van der Waals surface area contributed by atoms with Gasteiger partial charge in [0, 0.05) is 32.3 Å². The second-order valence-corrected chi connectivity index (χ2v) is 9.36. The molecule has 0 aromatic rings. The van der Waals surface area contributed by atoms with Crippen LogP contribution in [0.3, 0.4) is 0 Å². The van der Waals surface area contributed by atoms with Crippen molar-refractivity contribution in [3.63, 3.8) is 0 Å². The zero-order chi connectivity index (χ0) is 24.0. The maximum Gasteiger partial charge on any atom is 0.274 e. The quantitative estimate of drug-likeness (QED) is 0.221. The lowest BCUT2D eigenvalue weighted by atomic mass is 9.90. The molecule has 33 heavy (non-hydrogen) atoms. The Kier molecular flexibility index (Phi) is 8.65. The Morgan fingerprint density at radius 1 is 1.33 bits per heavy atom. The molecule has 1 amide bonds. The molecule has 176 valence electrons. The van der Waals surface area contributed by atoms with Crippen molar-refractivity contribution in [1.82, 2.24) is 20.4 Å². The number of likely N-dealkylation sites (tertiary alicyclic amines) is 1. The predicted octanol–water partition coefficient (Wildman–Crippen LogP) is 3.83. The Bertz CT molecular complexity index is 979. The van der Waals surface area contributed by atoms with Crippen LogP contribution >= 0.6 is 9.24 Å². The van der Waals surface area contributed by atoms with E-state index >= 15 is 0 Å². The van der Waals surface area contributed by atoms with E-state index in [4.69, 9.17) is 5.41 Å². The molecule has 2 unspecified atom stereocenters. The van der Waals surface area contributed by atoms with Crippen LogP contribution in [-0.4, -0.2) is 54.4 Å². The third kappa shape index (κ3) is 6.66. The van der Waals surface area contributed by atoms with Crippen LogP contribution in [0.2, 0.25) is 0 Å². The normalized spacial score (nSPS) is 21.7. The van der Waals surface area contributed by atoms with Crippen molar-refractivity contribution >= 4 is 21.0 Å². The smallest absolute Gasteiger partial charge is 0.274 e. The minimum absolute atomic E-state index is 0.0901. The van der Waals surface area contributed by atoms with E-state index in [1.807, 2.05) is 11.9 Å². The van der Waals surface area contributed by atoms with Crippen LogP contribution in [0.1, 0.15) is 26.7 Å². The van der Waals surface area contributed by atoms with Crippen LogP contribution in [0.5, 0.6) is 0 Å². The van der Waals surface area contributed by atoms with Crippen LogP contribution in [0.4, 0.5) is 0 Å². The second kappa shape index (κ2) is 11.4. The molecule has 6 nitrogen and oxygen atoms in total. The minimum Gasteiger partial charge on any atom is -0.356 e. The number of carbonyl (C=O) groups is 1. The molecule has 2 heterocycles. The van der Waals surface area contributed by atoms with Crippen molar-refractivity contribution in [2.45, 2.75) is 32.9 Å². The molecule has 1 fully saturated rings. The van der Waals surface area contributed by atoms with Gasteiger partial charge < -0.3 is 15.5 Å². The number of rotatable bonds is 8. The van der Waals surface area contributed by atoms with Crippen LogP contribution < -0.4 is 10.6 Å². The average molecular weight is 466 g/mol. The number of nitrogens with zero attached hydrogens (tertiary/aromatic N) is 2. The number of allylic oxidation sites excluding steroid dienone is 8. The van der Waals surface area contributed by atoms with Gasteiger partial charge in [0.2, 0.25) is 0 Å². The van der Waals surface area contributed by atoms with Crippen molar-refractivity contribution in [2.24, 2.45) is 5.92 Å². The van der Waals surface area contributed by atoms with Gasteiger partial charge in [0.25, 0.3) is 5.91 Å². The molecular formula is C26H36N5OP. The first kappa shape index (κ1) is 24.9. The number of nitrogens with one attached hydrogen (secondary N) is 3. The lowest BCUT2D eigenvalue weighted by Gasteiger charge is -2.40. The van der Waals surface area contributed by atoms with Gasteiger partial charge in [0.1, 0.15) is 17.7 Å². The summed E-state index contributed by atoms with van der Waals surface area (Å²) in [6, 6.07) is 0. The molecule has 2 atom stereocenters. The van der Waals surface area contributed by atoms with Crippen LogP contribution in [0.15, 0.2) is 83.0 Å². The molecule has 3 N–H and O–H groups in total. The van der Waals surface area contributed by atoms with Gasteiger partial charge in [-0.1, -0.05) is 61.6 Å². The monoisotopic (exact) mass is 465 g/mol. The molecule has 1 saturated heterocycles. The van der Waals surface area contributed by atoms with E-state index in [9.17, 15) is 4.79 Å². The highest BCUT2D eigenvalue weighted by atomic mass is 31.0. The Hall–Kier alpha value is -2.69. The fraction of sp³-hybridized carbons (Fsp3) is 0.385. The van der Waals surface area contributed by atoms with Crippen LogP contribution in [-0.2, 0) is 4.79 Å². The standard InChI is InChI=1S/C26H36N5OP/c1-5-18(3)10-11-19(6-2)21-14-31(15-21)17-24(27)29-26(32)23-16-30(4)25(28-23)20-8-7-9-22(33)13-12-20/h6,8-13,16,21,25,28H,3,5,7,14-15,17,33H2,1-2,4H3,(H2,27,29,32)/b11-10-,19-6+. The van der Waals surface area contributed by atoms with E-state index in [0.717, 1.165) is 42.4 Å². The molecule has 0 aromatic carbocycles. The van der Waals surface area contributed by atoms with Crippen molar-refractivity contribution in [1.29, 1.82) is 5.41 Å².